The van der Waals surface area contributed by atoms with Crippen LogP contribution in [0.5, 0.6) is 0 Å². The van der Waals surface area contributed by atoms with E-state index in [2.05, 4.69) is 5.32 Å². The molecule has 2 atom stereocenters. The van der Waals surface area contributed by atoms with Crippen LogP contribution in [0.4, 0.5) is 0 Å². The Balaban J connectivity index is 2.69. The molecule has 3 nitrogen and oxygen atoms in total. The minimum atomic E-state index is -0.494. The molecule has 0 spiro atoms. The van der Waals surface area contributed by atoms with E-state index in [1.807, 2.05) is 25.1 Å². The predicted molar refractivity (Wildman–Crippen MR) is 61.7 cm³/mol. The van der Waals surface area contributed by atoms with E-state index < -0.39 is 6.04 Å². The van der Waals surface area contributed by atoms with Gasteiger partial charge in [0.05, 0.1) is 12.1 Å². The van der Waals surface area contributed by atoms with E-state index in [1.165, 1.54) is 0 Å². The average Bonchev–Trinajstić information content (AvgIpc) is 2.17. The van der Waals surface area contributed by atoms with Gasteiger partial charge >= 0.3 is 0 Å². The minimum Gasteiger partial charge on any atom is -0.348 e. The molecule has 0 aromatic heterocycles. The number of hydrogen-bond acceptors (Lipinski definition) is 2. The van der Waals surface area contributed by atoms with Crippen LogP contribution < -0.4 is 11.1 Å². The van der Waals surface area contributed by atoms with E-state index >= 15 is 0 Å². The molecule has 0 saturated carbocycles. The van der Waals surface area contributed by atoms with Crippen molar-refractivity contribution in [3.05, 3.63) is 34.9 Å². The Morgan fingerprint density at radius 3 is 2.67 bits per heavy atom. The fourth-order valence-corrected chi connectivity index (χ4v) is 1.40. The molecule has 1 aromatic carbocycles. The number of amides is 1. The number of carbonyl (C=O) groups excluding carboxylic acids is 1. The summed E-state index contributed by atoms with van der Waals surface area (Å²) in [5.74, 6) is -0.164. The summed E-state index contributed by atoms with van der Waals surface area (Å²) in [5.41, 5.74) is 6.42. The quantitative estimate of drug-likeness (QED) is 0.827. The summed E-state index contributed by atoms with van der Waals surface area (Å²) in [5, 5.41) is 3.46. The summed E-state index contributed by atoms with van der Waals surface area (Å²) < 4.78 is 0. The Hall–Kier alpha value is -1.06. The van der Waals surface area contributed by atoms with E-state index in [9.17, 15) is 4.79 Å². The molecular weight excluding hydrogens is 212 g/mol. The lowest BCUT2D eigenvalue weighted by molar-refractivity contribution is -0.122. The van der Waals surface area contributed by atoms with Crippen LogP contribution in [-0.2, 0) is 4.79 Å². The van der Waals surface area contributed by atoms with E-state index in [0.29, 0.717) is 5.02 Å². The molecule has 3 N–H and O–H groups in total. The molecule has 0 saturated heterocycles. The van der Waals surface area contributed by atoms with Crippen molar-refractivity contribution in [1.29, 1.82) is 0 Å². The van der Waals surface area contributed by atoms with E-state index in [0.717, 1.165) is 5.56 Å². The number of hydrogen-bond donors (Lipinski definition) is 2. The normalized spacial score (nSPS) is 14.4. The van der Waals surface area contributed by atoms with Gasteiger partial charge in [0.25, 0.3) is 0 Å². The van der Waals surface area contributed by atoms with Crippen LogP contribution in [-0.4, -0.2) is 11.9 Å². The molecule has 1 rings (SSSR count). The number of halogens is 1. The minimum absolute atomic E-state index is 0.0813. The molecular formula is C11H15ClN2O. The van der Waals surface area contributed by atoms with Crippen molar-refractivity contribution in [2.75, 3.05) is 0 Å². The first-order valence-electron chi connectivity index (χ1n) is 4.82. The maximum Gasteiger partial charge on any atom is 0.237 e. The van der Waals surface area contributed by atoms with Gasteiger partial charge in [-0.3, -0.25) is 4.79 Å². The van der Waals surface area contributed by atoms with Crippen LogP contribution in [0.25, 0.3) is 0 Å². The maximum absolute atomic E-state index is 11.3. The highest BCUT2D eigenvalue weighted by Crippen LogP contribution is 2.17. The Morgan fingerprint density at radius 1 is 1.47 bits per heavy atom. The van der Waals surface area contributed by atoms with Gasteiger partial charge in [0.1, 0.15) is 0 Å². The van der Waals surface area contributed by atoms with E-state index in [-0.39, 0.29) is 11.9 Å². The van der Waals surface area contributed by atoms with Crippen LogP contribution >= 0.6 is 11.6 Å². The van der Waals surface area contributed by atoms with E-state index in [4.69, 9.17) is 17.3 Å². The molecule has 0 aliphatic rings. The van der Waals surface area contributed by atoms with Gasteiger partial charge in [-0.1, -0.05) is 23.7 Å². The average molecular weight is 227 g/mol. The van der Waals surface area contributed by atoms with Gasteiger partial charge < -0.3 is 11.1 Å². The molecule has 15 heavy (non-hydrogen) atoms. The van der Waals surface area contributed by atoms with Crippen LogP contribution in [0, 0.1) is 0 Å². The van der Waals surface area contributed by atoms with Gasteiger partial charge in [-0.2, -0.15) is 0 Å². The van der Waals surface area contributed by atoms with Crippen LogP contribution in [0.3, 0.4) is 0 Å². The molecule has 4 heteroatoms. The van der Waals surface area contributed by atoms with Crippen LogP contribution in [0.1, 0.15) is 25.5 Å². The molecule has 0 bridgehead atoms. The molecule has 1 amide bonds. The second kappa shape index (κ2) is 5.14. The van der Waals surface area contributed by atoms with Gasteiger partial charge in [-0.25, -0.2) is 0 Å². The lowest BCUT2D eigenvalue weighted by atomic mass is 10.1. The Kier molecular flexibility index (Phi) is 4.12. The Morgan fingerprint density at radius 2 is 2.13 bits per heavy atom. The lowest BCUT2D eigenvalue weighted by Crippen LogP contribution is -2.39. The van der Waals surface area contributed by atoms with Gasteiger partial charge in [0, 0.05) is 5.02 Å². The van der Waals surface area contributed by atoms with Crippen molar-refractivity contribution >= 4 is 17.5 Å². The molecule has 0 aliphatic heterocycles. The molecule has 0 radical (unpaired) electrons. The number of nitrogens with one attached hydrogen (secondary N) is 1. The SMILES string of the molecule is CC(N)C(=O)N[C@H](C)c1cccc(Cl)c1. The summed E-state index contributed by atoms with van der Waals surface area (Å²) in [6, 6.07) is 6.82. The fraction of sp³-hybridized carbons (Fsp3) is 0.364. The van der Waals surface area contributed by atoms with Crippen molar-refractivity contribution in [3.8, 4) is 0 Å². The highest BCUT2D eigenvalue weighted by molar-refractivity contribution is 6.30. The van der Waals surface area contributed by atoms with Gasteiger partial charge in [-0.05, 0) is 31.5 Å². The van der Waals surface area contributed by atoms with Crippen molar-refractivity contribution in [3.63, 3.8) is 0 Å². The first kappa shape index (κ1) is 12.0. The molecule has 0 heterocycles. The highest BCUT2D eigenvalue weighted by Gasteiger charge is 2.12. The number of benzene rings is 1. The molecule has 82 valence electrons. The first-order valence-corrected chi connectivity index (χ1v) is 5.20. The third kappa shape index (κ3) is 3.53. The Labute approximate surface area is 94.6 Å². The van der Waals surface area contributed by atoms with Gasteiger partial charge in [0.15, 0.2) is 0 Å². The predicted octanol–water partition coefficient (Wildman–Crippen LogP) is 1.86. The number of rotatable bonds is 3. The fourth-order valence-electron chi connectivity index (χ4n) is 1.20. The number of nitrogens with two attached hydrogens (primary N) is 1. The smallest absolute Gasteiger partial charge is 0.237 e. The van der Waals surface area contributed by atoms with Gasteiger partial charge in [-0.15, -0.1) is 0 Å². The standard InChI is InChI=1S/C11H15ClN2O/c1-7(13)11(15)14-8(2)9-4-3-5-10(12)6-9/h3-8H,13H2,1-2H3,(H,14,15)/t7?,8-/m1/s1. The molecule has 1 aromatic rings. The largest absolute Gasteiger partial charge is 0.348 e. The zero-order valence-corrected chi connectivity index (χ0v) is 9.58. The highest BCUT2D eigenvalue weighted by atomic mass is 35.5. The summed E-state index contributed by atoms with van der Waals surface area (Å²) in [4.78, 5) is 11.3. The third-order valence-corrected chi connectivity index (χ3v) is 2.36. The third-order valence-electron chi connectivity index (χ3n) is 2.12. The lowest BCUT2D eigenvalue weighted by Gasteiger charge is -2.16. The van der Waals surface area contributed by atoms with Gasteiger partial charge in [0.2, 0.25) is 5.91 Å². The zero-order chi connectivity index (χ0) is 11.4. The summed E-state index contributed by atoms with van der Waals surface area (Å²) >= 11 is 5.85. The maximum atomic E-state index is 11.3. The molecule has 0 aliphatic carbocycles. The molecule has 0 fully saturated rings. The summed E-state index contributed by atoms with van der Waals surface area (Å²) in [6.07, 6.45) is 0. The van der Waals surface area contributed by atoms with Crippen molar-refractivity contribution in [2.24, 2.45) is 5.73 Å². The summed E-state index contributed by atoms with van der Waals surface area (Å²) in [6.45, 7) is 3.55. The van der Waals surface area contributed by atoms with Crippen LogP contribution in [0.2, 0.25) is 5.02 Å². The van der Waals surface area contributed by atoms with Crippen molar-refractivity contribution in [1.82, 2.24) is 5.32 Å². The van der Waals surface area contributed by atoms with Crippen molar-refractivity contribution < 1.29 is 4.79 Å². The summed E-state index contributed by atoms with van der Waals surface area (Å²) in [7, 11) is 0. The van der Waals surface area contributed by atoms with E-state index in [1.54, 1.807) is 13.0 Å². The zero-order valence-electron chi connectivity index (χ0n) is 8.83. The molecule has 1 unspecified atom stereocenters. The Bertz CT molecular complexity index is 352. The second-order valence-corrected chi connectivity index (χ2v) is 4.01. The van der Waals surface area contributed by atoms with Crippen LogP contribution in [0.15, 0.2) is 24.3 Å². The number of carbonyl (C=O) groups is 1. The topological polar surface area (TPSA) is 55.1 Å². The van der Waals surface area contributed by atoms with Crippen molar-refractivity contribution in [2.45, 2.75) is 25.9 Å². The first-order chi connectivity index (χ1) is 7.00. The monoisotopic (exact) mass is 226 g/mol. The second-order valence-electron chi connectivity index (χ2n) is 3.57.